The van der Waals surface area contributed by atoms with Gasteiger partial charge in [-0.25, -0.2) is 0 Å². The molecule has 1 heterocycles. The van der Waals surface area contributed by atoms with Crippen molar-refractivity contribution in [1.82, 2.24) is 4.90 Å². The Morgan fingerprint density at radius 1 is 1.03 bits per heavy atom. The summed E-state index contributed by atoms with van der Waals surface area (Å²) in [5.41, 5.74) is 5.44. The SMILES string of the molecule is COc1ccc(NC(=O)c2ccc(-c3cccc(CO)c3)cc2)cc1C1CCN(C(C)C)CC1. The summed E-state index contributed by atoms with van der Waals surface area (Å²) in [6.45, 7) is 6.66. The number of carbonyl (C=O) groups is 1. The number of hydrogen-bond donors (Lipinski definition) is 2. The highest BCUT2D eigenvalue weighted by molar-refractivity contribution is 6.04. The Hall–Kier alpha value is -3.15. The van der Waals surface area contributed by atoms with Gasteiger partial charge in [0.25, 0.3) is 5.91 Å². The molecule has 3 aromatic rings. The Bertz CT molecular complexity index is 1120. The summed E-state index contributed by atoms with van der Waals surface area (Å²) in [5, 5.41) is 12.4. The van der Waals surface area contributed by atoms with Crippen LogP contribution < -0.4 is 10.1 Å². The number of aliphatic hydroxyl groups excluding tert-OH is 1. The molecule has 0 saturated carbocycles. The van der Waals surface area contributed by atoms with E-state index in [0.717, 1.165) is 54.1 Å². The molecule has 1 saturated heterocycles. The summed E-state index contributed by atoms with van der Waals surface area (Å²) in [6, 6.07) is 21.8. The molecule has 5 nitrogen and oxygen atoms in total. The monoisotopic (exact) mass is 458 g/mol. The topological polar surface area (TPSA) is 61.8 Å². The molecule has 0 radical (unpaired) electrons. The predicted octanol–water partition coefficient (Wildman–Crippen LogP) is 5.69. The predicted molar refractivity (Wildman–Crippen MR) is 137 cm³/mol. The van der Waals surface area contributed by atoms with Crippen molar-refractivity contribution in [1.29, 1.82) is 0 Å². The summed E-state index contributed by atoms with van der Waals surface area (Å²) < 4.78 is 5.65. The maximum Gasteiger partial charge on any atom is 0.255 e. The van der Waals surface area contributed by atoms with E-state index in [0.29, 0.717) is 17.5 Å². The lowest BCUT2D eigenvalue weighted by Gasteiger charge is -2.35. The van der Waals surface area contributed by atoms with Crippen molar-refractivity contribution in [2.24, 2.45) is 0 Å². The van der Waals surface area contributed by atoms with Crippen LogP contribution in [0.1, 0.15) is 54.1 Å². The number of methoxy groups -OCH3 is 1. The molecule has 34 heavy (non-hydrogen) atoms. The second-order valence-electron chi connectivity index (χ2n) is 9.25. The zero-order valence-corrected chi connectivity index (χ0v) is 20.3. The second kappa shape index (κ2) is 10.9. The number of nitrogens with zero attached hydrogens (tertiary/aromatic N) is 1. The molecule has 1 aliphatic rings. The third-order valence-electron chi connectivity index (χ3n) is 6.78. The lowest BCUT2D eigenvalue weighted by Crippen LogP contribution is -2.37. The van der Waals surface area contributed by atoms with Gasteiger partial charge in [-0.15, -0.1) is 0 Å². The first-order valence-electron chi connectivity index (χ1n) is 12.0. The zero-order chi connectivity index (χ0) is 24.1. The van der Waals surface area contributed by atoms with Gasteiger partial charge in [-0.1, -0.05) is 30.3 Å². The highest BCUT2D eigenvalue weighted by Crippen LogP contribution is 2.36. The molecule has 0 aromatic heterocycles. The van der Waals surface area contributed by atoms with Crippen molar-refractivity contribution in [2.75, 3.05) is 25.5 Å². The number of ether oxygens (including phenoxy) is 1. The van der Waals surface area contributed by atoms with Crippen LogP contribution in [0.15, 0.2) is 66.7 Å². The van der Waals surface area contributed by atoms with Crippen LogP contribution in [0.4, 0.5) is 5.69 Å². The number of rotatable bonds is 7. The third kappa shape index (κ3) is 5.49. The maximum absolute atomic E-state index is 12.9. The molecule has 5 heteroatoms. The molecule has 178 valence electrons. The van der Waals surface area contributed by atoms with Crippen molar-refractivity contribution < 1.29 is 14.6 Å². The van der Waals surface area contributed by atoms with Gasteiger partial charge in [0.15, 0.2) is 0 Å². The van der Waals surface area contributed by atoms with E-state index in [4.69, 9.17) is 4.74 Å². The van der Waals surface area contributed by atoms with Gasteiger partial charge in [0.2, 0.25) is 0 Å². The standard InChI is InChI=1S/C29H34N2O3/c1-20(2)31-15-13-23(14-16-31)27-18-26(11-12-28(27)34-3)30-29(33)24-9-7-22(8-10-24)25-6-4-5-21(17-25)19-32/h4-12,17-18,20,23,32H,13-16,19H2,1-3H3,(H,30,33). The maximum atomic E-state index is 12.9. The number of likely N-dealkylation sites (tertiary alicyclic amines) is 1. The number of piperidine rings is 1. The Morgan fingerprint density at radius 2 is 1.76 bits per heavy atom. The molecule has 1 aliphatic heterocycles. The van der Waals surface area contributed by atoms with Crippen molar-refractivity contribution in [3.63, 3.8) is 0 Å². The normalized spacial score (nSPS) is 14.9. The molecule has 3 aromatic carbocycles. The van der Waals surface area contributed by atoms with Crippen molar-refractivity contribution in [3.8, 4) is 16.9 Å². The van der Waals surface area contributed by atoms with E-state index in [1.165, 1.54) is 5.56 Å². The third-order valence-corrected chi connectivity index (χ3v) is 6.78. The zero-order valence-electron chi connectivity index (χ0n) is 20.3. The highest BCUT2D eigenvalue weighted by atomic mass is 16.5. The Morgan fingerprint density at radius 3 is 2.41 bits per heavy atom. The van der Waals surface area contributed by atoms with E-state index in [9.17, 15) is 9.90 Å². The first-order chi connectivity index (χ1) is 16.5. The number of nitrogens with one attached hydrogen (secondary N) is 1. The molecular formula is C29H34N2O3. The number of aliphatic hydroxyl groups is 1. The molecular weight excluding hydrogens is 424 g/mol. The molecule has 0 unspecified atom stereocenters. The highest BCUT2D eigenvalue weighted by Gasteiger charge is 2.24. The fraction of sp³-hybridized carbons (Fsp3) is 0.345. The molecule has 0 atom stereocenters. The number of carbonyl (C=O) groups excluding carboxylic acids is 1. The second-order valence-corrected chi connectivity index (χ2v) is 9.25. The first-order valence-corrected chi connectivity index (χ1v) is 12.0. The largest absolute Gasteiger partial charge is 0.496 e. The minimum atomic E-state index is -0.138. The Balaban J connectivity index is 1.47. The summed E-state index contributed by atoms with van der Waals surface area (Å²) >= 11 is 0. The van der Waals surface area contributed by atoms with Crippen LogP contribution in [0.3, 0.4) is 0 Å². The van der Waals surface area contributed by atoms with Crippen LogP contribution in [0.2, 0.25) is 0 Å². The fourth-order valence-electron chi connectivity index (χ4n) is 4.72. The van der Waals surface area contributed by atoms with Crippen molar-refractivity contribution in [2.45, 2.75) is 45.3 Å². The number of anilines is 1. The van der Waals surface area contributed by atoms with E-state index < -0.39 is 0 Å². The summed E-state index contributed by atoms with van der Waals surface area (Å²) in [6.07, 6.45) is 2.18. The quantitative estimate of drug-likeness (QED) is 0.477. The molecule has 4 rings (SSSR count). The van der Waals surface area contributed by atoms with Gasteiger partial charge in [-0.2, -0.15) is 0 Å². The van der Waals surface area contributed by atoms with Crippen molar-refractivity contribution in [3.05, 3.63) is 83.4 Å². The van der Waals surface area contributed by atoms with Gasteiger partial charge in [0, 0.05) is 17.3 Å². The Kier molecular flexibility index (Phi) is 7.66. The average molecular weight is 459 g/mol. The minimum Gasteiger partial charge on any atom is -0.496 e. The number of hydrogen-bond acceptors (Lipinski definition) is 4. The Labute approximate surface area is 202 Å². The van der Waals surface area contributed by atoms with Crippen molar-refractivity contribution >= 4 is 11.6 Å². The smallest absolute Gasteiger partial charge is 0.255 e. The molecule has 0 spiro atoms. The van der Waals surface area contributed by atoms with E-state index in [-0.39, 0.29) is 12.5 Å². The van der Waals surface area contributed by atoms with E-state index in [1.807, 2.05) is 60.7 Å². The van der Waals surface area contributed by atoms with Gasteiger partial charge in [-0.3, -0.25) is 4.79 Å². The van der Waals surface area contributed by atoms with E-state index >= 15 is 0 Å². The van der Waals surface area contributed by atoms with Gasteiger partial charge < -0.3 is 20.1 Å². The average Bonchev–Trinajstić information content (AvgIpc) is 2.88. The summed E-state index contributed by atoms with van der Waals surface area (Å²) in [5.74, 6) is 1.17. The van der Waals surface area contributed by atoms with Gasteiger partial charge in [0.1, 0.15) is 5.75 Å². The molecule has 0 bridgehead atoms. The summed E-state index contributed by atoms with van der Waals surface area (Å²) in [4.78, 5) is 15.5. The fourth-order valence-corrected chi connectivity index (χ4v) is 4.72. The molecule has 0 aliphatic carbocycles. The van der Waals surface area contributed by atoms with Crippen LogP contribution in [0.25, 0.3) is 11.1 Å². The van der Waals surface area contributed by atoms with Gasteiger partial charge >= 0.3 is 0 Å². The molecule has 1 amide bonds. The van der Waals surface area contributed by atoms with Gasteiger partial charge in [0.05, 0.1) is 13.7 Å². The van der Waals surface area contributed by atoms with Crippen LogP contribution in [0.5, 0.6) is 5.75 Å². The van der Waals surface area contributed by atoms with Gasteiger partial charge in [-0.05, 0) is 104 Å². The van der Waals surface area contributed by atoms with E-state index in [1.54, 1.807) is 7.11 Å². The van der Waals surface area contributed by atoms with Crippen LogP contribution in [0, 0.1) is 0 Å². The minimum absolute atomic E-state index is 0.00895. The van der Waals surface area contributed by atoms with Crippen LogP contribution in [-0.2, 0) is 6.61 Å². The lowest BCUT2D eigenvalue weighted by atomic mass is 9.88. The van der Waals surface area contributed by atoms with E-state index in [2.05, 4.69) is 30.1 Å². The summed E-state index contributed by atoms with van der Waals surface area (Å²) in [7, 11) is 1.71. The lowest BCUT2D eigenvalue weighted by molar-refractivity contribution is 0.102. The first kappa shape index (κ1) is 24.0. The van der Waals surface area contributed by atoms with Crippen LogP contribution >= 0.6 is 0 Å². The van der Waals surface area contributed by atoms with Crippen LogP contribution in [-0.4, -0.2) is 42.2 Å². The molecule has 1 fully saturated rings. The number of benzene rings is 3. The molecule has 2 N–H and O–H groups in total. The number of amides is 1.